The van der Waals surface area contributed by atoms with Gasteiger partial charge in [0.1, 0.15) is 0 Å². The number of amides is 1. The van der Waals surface area contributed by atoms with Crippen molar-refractivity contribution in [1.82, 2.24) is 5.32 Å². The highest BCUT2D eigenvalue weighted by atomic mass is 16.1. The Kier molecular flexibility index (Phi) is 4.99. The van der Waals surface area contributed by atoms with Crippen molar-refractivity contribution in [3.8, 4) is 0 Å². The Bertz CT molecular complexity index is 348. The average Bonchev–Trinajstić information content (AvgIpc) is 2.29. The molecule has 0 aliphatic carbocycles. The lowest BCUT2D eigenvalue weighted by molar-refractivity contribution is 0.0953. The van der Waals surface area contributed by atoms with Crippen molar-refractivity contribution in [1.29, 1.82) is 0 Å². The molecule has 0 atom stereocenters. The molecule has 3 N–H and O–H groups in total. The maximum absolute atomic E-state index is 11.7. The van der Waals surface area contributed by atoms with Crippen molar-refractivity contribution >= 4 is 5.91 Å². The van der Waals surface area contributed by atoms with Gasteiger partial charge in [0.15, 0.2) is 0 Å². The second kappa shape index (κ2) is 6.28. The van der Waals surface area contributed by atoms with E-state index in [0.29, 0.717) is 19.0 Å². The molecule has 0 bridgehead atoms. The second-order valence-electron chi connectivity index (χ2n) is 4.18. The highest BCUT2D eigenvalue weighted by Crippen LogP contribution is 2.15. The predicted molar refractivity (Wildman–Crippen MR) is 66.5 cm³/mol. The summed E-state index contributed by atoms with van der Waals surface area (Å²) in [6.45, 7) is 5.48. The molecular weight excluding hydrogens is 200 g/mol. The topological polar surface area (TPSA) is 55.1 Å². The van der Waals surface area contributed by atoms with Crippen molar-refractivity contribution in [2.45, 2.75) is 26.2 Å². The Morgan fingerprint density at radius 3 is 2.81 bits per heavy atom. The molecule has 0 aliphatic heterocycles. The molecule has 1 rings (SSSR count). The van der Waals surface area contributed by atoms with Crippen LogP contribution >= 0.6 is 0 Å². The van der Waals surface area contributed by atoms with Gasteiger partial charge in [0, 0.05) is 12.1 Å². The van der Waals surface area contributed by atoms with Gasteiger partial charge in [0.25, 0.3) is 5.91 Å². The number of benzene rings is 1. The minimum atomic E-state index is -0.0176. The first-order valence-corrected chi connectivity index (χ1v) is 5.73. The van der Waals surface area contributed by atoms with E-state index in [1.54, 1.807) is 0 Å². The zero-order valence-corrected chi connectivity index (χ0v) is 9.99. The number of carbonyl (C=O) groups excluding carboxylic acids is 1. The lowest BCUT2D eigenvalue weighted by Crippen LogP contribution is -2.26. The largest absolute Gasteiger partial charge is 0.352 e. The highest BCUT2D eigenvalue weighted by molar-refractivity contribution is 5.94. The van der Waals surface area contributed by atoms with Crippen LogP contribution in [0.2, 0.25) is 0 Å². The van der Waals surface area contributed by atoms with Gasteiger partial charge in [-0.15, -0.1) is 0 Å². The smallest absolute Gasteiger partial charge is 0.251 e. The van der Waals surface area contributed by atoms with Crippen LogP contribution in [0.25, 0.3) is 0 Å². The fourth-order valence-corrected chi connectivity index (χ4v) is 1.45. The molecule has 3 heteroatoms. The van der Waals surface area contributed by atoms with Crippen LogP contribution in [0.5, 0.6) is 0 Å². The first-order valence-electron chi connectivity index (χ1n) is 5.73. The molecule has 0 saturated heterocycles. The summed E-state index contributed by atoms with van der Waals surface area (Å²) in [6.07, 6.45) is 0.815. The summed E-state index contributed by atoms with van der Waals surface area (Å²) in [5.74, 6) is 0.424. The van der Waals surface area contributed by atoms with Gasteiger partial charge in [-0.1, -0.05) is 26.0 Å². The molecule has 3 nitrogen and oxygen atoms in total. The Morgan fingerprint density at radius 2 is 2.19 bits per heavy atom. The maximum atomic E-state index is 11.7. The van der Waals surface area contributed by atoms with E-state index in [2.05, 4.69) is 19.2 Å². The number of hydrogen-bond acceptors (Lipinski definition) is 2. The van der Waals surface area contributed by atoms with Crippen molar-refractivity contribution in [3.63, 3.8) is 0 Å². The summed E-state index contributed by atoms with van der Waals surface area (Å²) < 4.78 is 0. The summed E-state index contributed by atoms with van der Waals surface area (Å²) in [4.78, 5) is 11.7. The SMILES string of the molecule is CC(C)c1cccc(C(=O)NCCCN)c1. The molecule has 0 fully saturated rings. The van der Waals surface area contributed by atoms with E-state index in [1.807, 2.05) is 24.3 Å². The lowest BCUT2D eigenvalue weighted by atomic mass is 10.0. The van der Waals surface area contributed by atoms with Crippen LogP contribution in [0.4, 0.5) is 0 Å². The third-order valence-corrected chi connectivity index (χ3v) is 2.48. The first kappa shape index (κ1) is 12.7. The number of nitrogens with one attached hydrogen (secondary N) is 1. The molecule has 0 saturated carbocycles. The minimum absolute atomic E-state index is 0.0176. The van der Waals surface area contributed by atoms with E-state index >= 15 is 0 Å². The van der Waals surface area contributed by atoms with Gasteiger partial charge >= 0.3 is 0 Å². The summed E-state index contributed by atoms with van der Waals surface area (Å²) >= 11 is 0. The third-order valence-electron chi connectivity index (χ3n) is 2.48. The average molecular weight is 220 g/mol. The minimum Gasteiger partial charge on any atom is -0.352 e. The molecule has 16 heavy (non-hydrogen) atoms. The molecular formula is C13H20N2O. The van der Waals surface area contributed by atoms with Gasteiger partial charge in [0.05, 0.1) is 0 Å². The molecule has 0 radical (unpaired) electrons. The number of nitrogens with two attached hydrogens (primary N) is 1. The monoisotopic (exact) mass is 220 g/mol. The molecule has 1 aromatic carbocycles. The van der Waals surface area contributed by atoms with Crippen molar-refractivity contribution in [3.05, 3.63) is 35.4 Å². The van der Waals surface area contributed by atoms with Gasteiger partial charge in [-0.05, 0) is 36.6 Å². The van der Waals surface area contributed by atoms with Crippen LogP contribution in [0.1, 0.15) is 42.1 Å². The van der Waals surface area contributed by atoms with E-state index in [0.717, 1.165) is 12.0 Å². The molecule has 0 aromatic heterocycles. The van der Waals surface area contributed by atoms with Crippen molar-refractivity contribution in [2.75, 3.05) is 13.1 Å². The normalized spacial score (nSPS) is 10.5. The molecule has 0 heterocycles. The van der Waals surface area contributed by atoms with E-state index in [4.69, 9.17) is 5.73 Å². The standard InChI is InChI=1S/C13H20N2O/c1-10(2)11-5-3-6-12(9-11)13(16)15-8-4-7-14/h3,5-6,9-10H,4,7-8,14H2,1-2H3,(H,15,16). The molecule has 0 aliphatic rings. The van der Waals surface area contributed by atoms with Crippen molar-refractivity contribution in [2.24, 2.45) is 5.73 Å². The predicted octanol–water partition coefficient (Wildman–Crippen LogP) is 1.89. The summed E-state index contributed by atoms with van der Waals surface area (Å²) in [5.41, 5.74) is 7.28. The summed E-state index contributed by atoms with van der Waals surface area (Å²) in [5, 5.41) is 2.85. The Morgan fingerprint density at radius 1 is 1.44 bits per heavy atom. The van der Waals surface area contributed by atoms with Crippen LogP contribution < -0.4 is 11.1 Å². The molecule has 88 valence electrons. The summed E-state index contributed by atoms with van der Waals surface area (Å²) in [7, 11) is 0. The number of carbonyl (C=O) groups is 1. The zero-order chi connectivity index (χ0) is 12.0. The molecule has 0 spiro atoms. The zero-order valence-electron chi connectivity index (χ0n) is 9.99. The Balaban J connectivity index is 2.64. The number of hydrogen-bond donors (Lipinski definition) is 2. The van der Waals surface area contributed by atoms with E-state index < -0.39 is 0 Å². The van der Waals surface area contributed by atoms with Crippen molar-refractivity contribution < 1.29 is 4.79 Å². The quantitative estimate of drug-likeness (QED) is 0.744. The highest BCUT2D eigenvalue weighted by Gasteiger charge is 2.06. The summed E-state index contributed by atoms with van der Waals surface area (Å²) in [6, 6.07) is 7.75. The Labute approximate surface area is 97.0 Å². The fourth-order valence-electron chi connectivity index (χ4n) is 1.45. The maximum Gasteiger partial charge on any atom is 0.251 e. The lowest BCUT2D eigenvalue weighted by Gasteiger charge is -2.08. The van der Waals surface area contributed by atoms with Crippen LogP contribution in [0.15, 0.2) is 24.3 Å². The van der Waals surface area contributed by atoms with Gasteiger partial charge in [0.2, 0.25) is 0 Å². The molecule has 0 unspecified atom stereocenters. The van der Waals surface area contributed by atoms with Gasteiger partial charge in [-0.25, -0.2) is 0 Å². The van der Waals surface area contributed by atoms with E-state index in [1.165, 1.54) is 5.56 Å². The number of rotatable bonds is 5. The fraction of sp³-hybridized carbons (Fsp3) is 0.462. The van der Waals surface area contributed by atoms with Crippen LogP contribution in [0, 0.1) is 0 Å². The van der Waals surface area contributed by atoms with Gasteiger partial charge in [-0.2, -0.15) is 0 Å². The first-order chi connectivity index (χ1) is 7.65. The van der Waals surface area contributed by atoms with E-state index in [9.17, 15) is 4.79 Å². The van der Waals surface area contributed by atoms with Crippen LogP contribution in [0.3, 0.4) is 0 Å². The van der Waals surface area contributed by atoms with E-state index in [-0.39, 0.29) is 5.91 Å². The van der Waals surface area contributed by atoms with Gasteiger partial charge < -0.3 is 11.1 Å². The van der Waals surface area contributed by atoms with Crippen LogP contribution in [-0.2, 0) is 0 Å². The Hall–Kier alpha value is -1.35. The molecule has 1 amide bonds. The third kappa shape index (κ3) is 3.66. The molecule has 1 aromatic rings. The second-order valence-corrected chi connectivity index (χ2v) is 4.18. The van der Waals surface area contributed by atoms with Gasteiger partial charge in [-0.3, -0.25) is 4.79 Å². The van der Waals surface area contributed by atoms with Crippen LogP contribution in [-0.4, -0.2) is 19.0 Å².